The highest BCUT2D eigenvalue weighted by Crippen LogP contribution is 2.27. The number of hydrogen-bond donors (Lipinski definition) is 1. The quantitative estimate of drug-likeness (QED) is 0.709. The Kier molecular flexibility index (Phi) is 7.08. The number of aryl methyl sites for hydroxylation is 1. The highest BCUT2D eigenvalue weighted by molar-refractivity contribution is 6.01. The van der Waals surface area contributed by atoms with E-state index in [1.807, 2.05) is 30.3 Å². The third kappa shape index (κ3) is 5.68. The lowest BCUT2D eigenvalue weighted by atomic mass is 10.1. The van der Waals surface area contributed by atoms with Gasteiger partial charge < -0.3 is 14.8 Å². The zero-order valence-corrected chi connectivity index (χ0v) is 15.0. The topological polar surface area (TPSA) is 47.6 Å². The minimum atomic E-state index is -0.170. The summed E-state index contributed by atoms with van der Waals surface area (Å²) < 4.78 is 10.5. The molecular weight excluding hydrogens is 314 g/mol. The molecule has 0 spiro atoms. The van der Waals surface area contributed by atoms with Crippen LogP contribution in [0.25, 0.3) is 6.08 Å². The summed E-state index contributed by atoms with van der Waals surface area (Å²) in [6, 6.07) is 13.5. The molecule has 0 aliphatic rings. The normalized spacial score (nSPS) is 10.7. The van der Waals surface area contributed by atoms with Crippen molar-refractivity contribution in [3.63, 3.8) is 0 Å². The molecule has 0 fully saturated rings. The molecule has 0 saturated heterocycles. The van der Waals surface area contributed by atoms with E-state index >= 15 is 0 Å². The van der Waals surface area contributed by atoms with E-state index in [2.05, 4.69) is 24.4 Å². The third-order valence-electron chi connectivity index (χ3n) is 3.88. The highest BCUT2D eigenvalue weighted by atomic mass is 16.5. The molecule has 0 radical (unpaired) electrons. The van der Waals surface area contributed by atoms with Crippen LogP contribution in [0, 0.1) is 0 Å². The fraction of sp³-hybridized carbons (Fsp3) is 0.286. The second-order valence-corrected chi connectivity index (χ2v) is 5.74. The predicted octanol–water partition coefficient (Wildman–Crippen LogP) is 4.70. The number of benzene rings is 2. The van der Waals surface area contributed by atoms with E-state index in [0.717, 1.165) is 17.7 Å². The van der Waals surface area contributed by atoms with Crippen LogP contribution in [-0.4, -0.2) is 20.1 Å². The van der Waals surface area contributed by atoms with E-state index in [-0.39, 0.29) is 5.91 Å². The Labute approximate surface area is 149 Å². The first-order chi connectivity index (χ1) is 12.2. The van der Waals surface area contributed by atoms with E-state index < -0.39 is 0 Å². The monoisotopic (exact) mass is 339 g/mol. The van der Waals surface area contributed by atoms with Gasteiger partial charge in [0.2, 0.25) is 5.91 Å². The molecule has 0 heterocycles. The van der Waals surface area contributed by atoms with Gasteiger partial charge in [-0.3, -0.25) is 4.79 Å². The summed E-state index contributed by atoms with van der Waals surface area (Å²) in [6.07, 6.45) is 6.68. The molecule has 0 aliphatic carbocycles. The summed E-state index contributed by atoms with van der Waals surface area (Å²) in [7, 11) is 3.18. The first-order valence-electron chi connectivity index (χ1n) is 8.46. The summed E-state index contributed by atoms with van der Waals surface area (Å²) >= 11 is 0. The van der Waals surface area contributed by atoms with Crippen molar-refractivity contribution < 1.29 is 14.3 Å². The zero-order valence-electron chi connectivity index (χ0n) is 15.0. The number of unbranched alkanes of at least 4 members (excludes halogenated alkanes) is 1. The maximum absolute atomic E-state index is 12.1. The van der Waals surface area contributed by atoms with Gasteiger partial charge in [-0.05, 0) is 54.3 Å². The van der Waals surface area contributed by atoms with Crippen molar-refractivity contribution in [3.8, 4) is 11.5 Å². The number of nitrogens with one attached hydrogen (secondary N) is 1. The molecule has 0 aromatic heterocycles. The van der Waals surface area contributed by atoms with Gasteiger partial charge in [0.1, 0.15) is 0 Å². The smallest absolute Gasteiger partial charge is 0.248 e. The lowest BCUT2D eigenvalue weighted by molar-refractivity contribution is -0.111. The van der Waals surface area contributed by atoms with Gasteiger partial charge in [0, 0.05) is 11.8 Å². The van der Waals surface area contributed by atoms with Gasteiger partial charge in [0.15, 0.2) is 11.5 Å². The molecule has 0 unspecified atom stereocenters. The molecule has 2 aromatic carbocycles. The van der Waals surface area contributed by atoms with Crippen molar-refractivity contribution >= 4 is 17.7 Å². The molecule has 0 saturated carbocycles. The molecular formula is C21H25NO3. The van der Waals surface area contributed by atoms with Crippen LogP contribution in [0.5, 0.6) is 11.5 Å². The molecule has 2 aromatic rings. The first-order valence-corrected chi connectivity index (χ1v) is 8.46. The Balaban J connectivity index is 1.96. The van der Waals surface area contributed by atoms with Crippen LogP contribution in [0.3, 0.4) is 0 Å². The van der Waals surface area contributed by atoms with Crippen molar-refractivity contribution in [1.82, 2.24) is 0 Å². The number of amides is 1. The van der Waals surface area contributed by atoms with Gasteiger partial charge in [-0.1, -0.05) is 31.5 Å². The van der Waals surface area contributed by atoms with Gasteiger partial charge in [-0.2, -0.15) is 0 Å². The van der Waals surface area contributed by atoms with E-state index in [1.165, 1.54) is 24.5 Å². The molecule has 4 heteroatoms. The van der Waals surface area contributed by atoms with Gasteiger partial charge in [-0.15, -0.1) is 0 Å². The Morgan fingerprint density at radius 3 is 2.40 bits per heavy atom. The lowest BCUT2D eigenvalue weighted by Crippen LogP contribution is -2.07. The van der Waals surface area contributed by atoms with Gasteiger partial charge in [-0.25, -0.2) is 0 Å². The Morgan fingerprint density at radius 2 is 1.76 bits per heavy atom. The number of carbonyl (C=O) groups excluding carboxylic acids is 1. The second-order valence-electron chi connectivity index (χ2n) is 5.74. The van der Waals surface area contributed by atoms with Crippen LogP contribution in [0.2, 0.25) is 0 Å². The number of hydrogen-bond acceptors (Lipinski definition) is 3. The van der Waals surface area contributed by atoms with Crippen molar-refractivity contribution in [2.24, 2.45) is 0 Å². The summed E-state index contributed by atoms with van der Waals surface area (Å²) in [4.78, 5) is 12.1. The van der Waals surface area contributed by atoms with Crippen LogP contribution in [0.15, 0.2) is 48.5 Å². The molecule has 2 rings (SSSR count). The average molecular weight is 339 g/mol. The first kappa shape index (κ1) is 18.6. The molecule has 0 atom stereocenters. The minimum absolute atomic E-state index is 0.170. The van der Waals surface area contributed by atoms with Crippen molar-refractivity contribution in [1.29, 1.82) is 0 Å². The fourth-order valence-electron chi connectivity index (χ4n) is 2.45. The zero-order chi connectivity index (χ0) is 18.1. The summed E-state index contributed by atoms with van der Waals surface area (Å²) in [5.74, 6) is 1.12. The second kappa shape index (κ2) is 9.52. The third-order valence-corrected chi connectivity index (χ3v) is 3.88. The Bertz CT molecular complexity index is 720. The predicted molar refractivity (Wildman–Crippen MR) is 102 cm³/mol. The highest BCUT2D eigenvalue weighted by Gasteiger charge is 2.03. The molecule has 0 bridgehead atoms. The maximum atomic E-state index is 12.1. The van der Waals surface area contributed by atoms with Gasteiger partial charge in [0.05, 0.1) is 14.2 Å². The van der Waals surface area contributed by atoms with Crippen LogP contribution in [-0.2, 0) is 11.2 Å². The number of rotatable bonds is 8. The number of ether oxygens (including phenoxy) is 2. The van der Waals surface area contributed by atoms with E-state index in [9.17, 15) is 4.79 Å². The van der Waals surface area contributed by atoms with Crippen molar-refractivity contribution in [2.45, 2.75) is 26.2 Å². The molecule has 25 heavy (non-hydrogen) atoms. The SMILES string of the molecule is CCCCc1ccc(NC(=O)/C=C/c2ccc(OC)c(OC)c2)cc1. The Morgan fingerprint density at radius 1 is 1.04 bits per heavy atom. The van der Waals surface area contributed by atoms with Crippen molar-refractivity contribution in [3.05, 3.63) is 59.7 Å². The average Bonchev–Trinajstić information content (AvgIpc) is 2.65. The summed E-state index contributed by atoms with van der Waals surface area (Å²) in [5.41, 5.74) is 2.95. The van der Waals surface area contributed by atoms with Gasteiger partial charge in [0.25, 0.3) is 0 Å². The van der Waals surface area contributed by atoms with Crippen LogP contribution in [0.1, 0.15) is 30.9 Å². The van der Waals surface area contributed by atoms with Crippen LogP contribution in [0.4, 0.5) is 5.69 Å². The van der Waals surface area contributed by atoms with Crippen LogP contribution >= 0.6 is 0 Å². The molecule has 1 amide bonds. The van der Waals surface area contributed by atoms with E-state index in [0.29, 0.717) is 11.5 Å². The molecule has 4 nitrogen and oxygen atoms in total. The fourth-order valence-corrected chi connectivity index (χ4v) is 2.45. The molecule has 132 valence electrons. The largest absolute Gasteiger partial charge is 0.493 e. The summed E-state index contributed by atoms with van der Waals surface area (Å²) in [6.45, 7) is 2.18. The number of carbonyl (C=O) groups is 1. The van der Waals surface area contributed by atoms with E-state index in [1.54, 1.807) is 20.3 Å². The van der Waals surface area contributed by atoms with Gasteiger partial charge >= 0.3 is 0 Å². The lowest BCUT2D eigenvalue weighted by Gasteiger charge is -2.07. The van der Waals surface area contributed by atoms with E-state index in [4.69, 9.17) is 9.47 Å². The Hall–Kier alpha value is -2.75. The number of methoxy groups -OCH3 is 2. The molecule has 1 N–H and O–H groups in total. The minimum Gasteiger partial charge on any atom is -0.493 e. The van der Waals surface area contributed by atoms with Crippen molar-refractivity contribution in [2.75, 3.05) is 19.5 Å². The number of anilines is 1. The molecule has 0 aliphatic heterocycles. The van der Waals surface area contributed by atoms with Crippen LogP contribution < -0.4 is 14.8 Å². The standard InChI is InChI=1S/C21H25NO3/c1-4-5-6-16-7-11-18(12-8-16)22-21(23)14-10-17-9-13-19(24-2)20(15-17)25-3/h7-15H,4-6H2,1-3H3,(H,22,23)/b14-10+. The summed E-state index contributed by atoms with van der Waals surface area (Å²) in [5, 5.41) is 2.86. The maximum Gasteiger partial charge on any atom is 0.248 e.